The number of amides is 1. The fourth-order valence-electron chi connectivity index (χ4n) is 3.03. The molecule has 1 amide bonds. The van der Waals surface area contributed by atoms with Crippen LogP contribution in [-0.4, -0.2) is 37.1 Å². The van der Waals surface area contributed by atoms with Gasteiger partial charge in [-0.25, -0.2) is 0 Å². The fourth-order valence-corrected chi connectivity index (χ4v) is 3.03. The van der Waals surface area contributed by atoms with Crippen LogP contribution in [0.4, 0.5) is 5.69 Å². The highest BCUT2D eigenvalue weighted by atomic mass is 16.5. The van der Waals surface area contributed by atoms with E-state index in [1.165, 1.54) is 0 Å². The molecule has 2 heterocycles. The number of anilines is 1. The van der Waals surface area contributed by atoms with Gasteiger partial charge in [0.15, 0.2) is 0 Å². The Kier molecular flexibility index (Phi) is 5.67. The number of hydrogen-bond acceptors (Lipinski definition) is 4. The van der Waals surface area contributed by atoms with Crippen LogP contribution in [0, 0.1) is 0 Å². The second-order valence-corrected chi connectivity index (χ2v) is 6.11. The van der Waals surface area contributed by atoms with Gasteiger partial charge in [0.2, 0.25) is 5.91 Å². The second kappa shape index (κ2) is 8.33. The summed E-state index contributed by atoms with van der Waals surface area (Å²) in [5.74, 6) is 0.782. The molecule has 0 bridgehead atoms. The number of carbonyl (C=O) groups is 1. The molecular formula is C20H23N3O2. The van der Waals surface area contributed by atoms with Crippen LogP contribution in [0.2, 0.25) is 0 Å². The van der Waals surface area contributed by atoms with Crippen molar-refractivity contribution in [3.05, 3.63) is 60.4 Å². The van der Waals surface area contributed by atoms with E-state index in [0.717, 1.165) is 42.9 Å². The average Bonchev–Trinajstić information content (AvgIpc) is 2.67. The molecule has 0 radical (unpaired) electrons. The Labute approximate surface area is 148 Å². The van der Waals surface area contributed by atoms with Gasteiger partial charge in [-0.1, -0.05) is 12.1 Å². The van der Waals surface area contributed by atoms with Crippen molar-refractivity contribution in [2.75, 3.05) is 25.1 Å². The number of pyridine rings is 1. The number of carbonyl (C=O) groups excluding carboxylic acids is 1. The van der Waals surface area contributed by atoms with Crippen molar-refractivity contribution in [1.82, 2.24) is 10.3 Å². The van der Waals surface area contributed by atoms with Gasteiger partial charge >= 0.3 is 0 Å². The van der Waals surface area contributed by atoms with E-state index in [9.17, 15) is 4.79 Å². The summed E-state index contributed by atoms with van der Waals surface area (Å²) in [5.41, 5.74) is 2.04. The largest absolute Gasteiger partial charge is 0.497 e. The van der Waals surface area contributed by atoms with E-state index in [4.69, 9.17) is 4.74 Å². The Morgan fingerprint density at radius 2 is 2.28 bits per heavy atom. The minimum Gasteiger partial charge on any atom is -0.497 e. The highest BCUT2D eigenvalue weighted by Crippen LogP contribution is 2.24. The molecule has 1 atom stereocenters. The zero-order valence-electron chi connectivity index (χ0n) is 14.4. The van der Waals surface area contributed by atoms with Crippen LogP contribution in [0.15, 0.2) is 54.9 Å². The molecular weight excluding hydrogens is 314 g/mol. The molecule has 5 heteroatoms. The van der Waals surface area contributed by atoms with Crippen LogP contribution in [0.5, 0.6) is 5.75 Å². The van der Waals surface area contributed by atoms with Gasteiger partial charge in [-0.3, -0.25) is 9.78 Å². The molecule has 0 unspecified atom stereocenters. The number of methoxy groups -OCH3 is 1. The van der Waals surface area contributed by atoms with Gasteiger partial charge in [-0.05, 0) is 42.7 Å². The summed E-state index contributed by atoms with van der Waals surface area (Å²) < 4.78 is 5.30. The normalized spacial score (nSPS) is 17.5. The van der Waals surface area contributed by atoms with E-state index in [1.807, 2.05) is 30.3 Å². The van der Waals surface area contributed by atoms with Gasteiger partial charge in [0, 0.05) is 49.4 Å². The molecule has 3 rings (SSSR count). The molecule has 0 aliphatic carbocycles. The van der Waals surface area contributed by atoms with Crippen molar-refractivity contribution in [3.63, 3.8) is 0 Å². The first-order valence-corrected chi connectivity index (χ1v) is 8.52. The quantitative estimate of drug-likeness (QED) is 0.853. The number of benzene rings is 1. The molecule has 1 saturated heterocycles. The molecule has 1 aromatic heterocycles. The van der Waals surface area contributed by atoms with Crippen molar-refractivity contribution < 1.29 is 9.53 Å². The van der Waals surface area contributed by atoms with E-state index in [1.54, 1.807) is 31.7 Å². The predicted molar refractivity (Wildman–Crippen MR) is 99.6 cm³/mol. The zero-order valence-corrected chi connectivity index (χ0v) is 14.4. The predicted octanol–water partition coefficient (Wildman–Crippen LogP) is 2.89. The molecule has 5 nitrogen and oxygen atoms in total. The third kappa shape index (κ3) is 4.83. The third-order valence-corrected chi connectivity index (χ3v) is 4.30. The maximum Gasteiger partial charge on any atom is 0.244 e. The van der Waals surface area contributed by atoms with E-state index in [-0.39, 0.29) is 11.9 Å². The molecule has 0 saturated carbocycles. The summed E-state index contributed by atoms with van der Waals surface area (Å²) in [5, 5.41) is 3.10. The maximum atomic E-state index is 12.2. The lowest BCUT2D eigenvalue weighted by Crippen LogP contribution is -2.47. The van der Waals surface area contributed by atoms with Crippen LogP contribution in [0.1, 0.15) is 18.4 Å². The summed E-state index contributed by atoms with van der Waals surface area (Å²) >= 11 is 0. The number of aromatic nitrogens is 1. The van der Waals surface area contributed by atoms with Crippen LogP contribution in [-0.2, 0) is 4.79 Å². The van der Waals surface area contributed by atoms with E-state index < -0.39 is 0 Å². The number of rotatable bonds is 5. The highest BCUT2D eigenvalue weighted by molar-refractivity contribution is 5.91. The van der Waals surface area contributed by atoms with Gasteiger partial charge in [-0.2, -0.15) is 0 Å². The molecule has 0 spiro atoms. The van der Waals surface area contributed by atoms with Gasteiger partial charge in [0.05, 0.1) is 7.11 Å². The van der Waals surface area contributed by atoms with Crippen LogP contribution in [0.25, 0.3) is 6.08 Å². The van der Waals surface area contributed by atoms with Gasteiger partial charge in [0.1, 0.15) is 5.75 Å². The van der Waals surface area contributed by atoms with Gasteiger partial charge < -0.3 is 15.0 Å². The summed E-state index contributed by atoms with van der Waals surface area (Å²) in [6, 6.07) is 12.0. The Morgan fingerprint density at radius 1 is 1.36 bits per heavy atom. The van der Waals surface area contributed by atoms with E-state index in [2.05, 4.69) is 21.3 Å². The lowest BCUT2D eigenvalue weighted by atomic mass is 10.0. The lowest BCUT2D eigenvalue weighted by molar-refractivity contribution is -0.117. The molecule has 1 aliphatic heterocycles. The fraction of sp³-hybridized carbons (Fsp3) is 0.300. The first-order chi connectivity index (χ1) is 12.2. The van der Waals surface area contributed by atoms with E-state index in [0.29, 0.717) is 0 Å². The average molecular weight is 337 g/mol. The number of piperidine rings is 1. The summed E-state index contributed by atoms with van der Waals surface area (Å²) in [6.07, 6.45) is 8.84. The van der Waals surface area contributed by atoms with Crippen molar-refractivity contribution >= 4 is 17.7 Å². The molecule has 1 fully saturated rings. The lowest BCUT2D eigenvalue weighted by Gasteiger charge is -2.34. The first kappa shape index (κ1) is 17.0. The van der Waals surface area contributed by atoms with Crippen molar-refractivity contribution in [1.29, 1.82) is 0 Å². The number of hydrogen-bond donors (Lipinski definition) is 1. The molecule has 2 aromatic rings. The zero-order chi connectivity index (χ0) is 17.5. The summed E-state index contributed by atoms with van der Waals surface area (Å²) in [6.45, 7) is 1.80. The van der Waals surface area contributed by atoms with Gasteiger partial charge in [-0.15, -0.1) is 0 Å². The topological polar surface area (TPSA) is 54.5 Å². The SMILES string of the molecule is COc1cccc(N2CCC[C@@H](NC(=O)/C=C/c3cccnc3)C2)c1. The Bertz CT molecular complexity index is 731. The minimum atomic E-state index is -0.0682. The monoisotopic (exact) mass is 337 g/mol. The number of ether oxygens (including phenoxy) is 1. The first-order valence-electron chi connectivity index (χ1n) is 8.52. The van der Waals surface area contributed by atoms with E-state index >= 15 is 0 Å². The maximum absolute atomic E-state index is 12.2. The van der Waals surface area contributed by atoms with Crippen molar-refractivity contribution in [2.45, 2.75) is 18.9 Å². The molecule has 1 aromatic carbocycles. The third-order valence-electron chi connectivity index (χ3n) is 4.30. The van der Waals surface area contributed by atoms with Gasteiger partial charge in [0.25, 0.3) is 0 Å². The molecule has 130 valence electrons. The van der Waals surface area contributed by atoms with Crippen LogP contribution < -0.4 is 15.0 Å². The summed E-state index contributed by atoms with van der Waals surface area (Å²) in [7, 11) is 1.67. The molecule has 1 aliphatic rings. The van der Waals surface area contributed by atoms with Crippen LogP contribution in [0.3, 0.4) is 0 Å². The van der Waals surface area contributed by atoms with Crippen LogP contribution >= 0.6 is 0 Å². The Balaban J connectivity index is 1.57. The molecule has 1 N–H and O–H groups in total. The Morgan fingerprint density at radius 3 is 3.08 bits per heavy atom. The Hall–Kier alpha value is -2.82. The van der Waals surface area contributed by atoms with Crippen molar-refractivity contribution in [2.24, 2.45) is 0 Å². The van der Waals surface area contributed by atoms with Crippen molar-refractivity contribution in [3.8, 4) is 5.75 Å². The number of nitrogens with zero attached hydrogens (tertiary/aromatic N) is 2. The number of nitrogens with one attached hydrogen (secondary N) is 1. The summed E-state index contributed by atoms with van der Waals surface area (Å²) in [4.78, 5) is 18.5. The second-order valence-electron chi connectivity index (χ2n) is 6.11. The smallest absolute Gasteiger partial charge is 0.244 e. The standard InChI is InChI=1S/C20H23N3O2/c1-25-19-8-2-7-18(13-19)23-12-4-6-17(15-23)22-20(24)10-9-16-5-3-11-21-14-16/h2-3,5,7-11,13-14,17H,4,6,12,15H2,1H3,(H,22,24)/b10-9+/t17-/m1/s1. The highest BCUT2D eigenvalue weighted by Gasteiger charge is 2.21. The minimum absolute atomic E-state index is 0.0682. The molecule has 25 heavy (non-hydrogen) atoms.